The molecule has 0 aromatic heterocycles. The number of benzene rings is 2. The van der Waals surface area contributed by atoms with E-state index in [0.717, 1.165) is 30.0 Å². The Morgan fingerprint density at radius 3 is 2.33 bits per heavy atom. The first-order chi connectivity index (χ1) is 11.2. The maximum Gasteiger partial charge on any atom is 0.501 e. The molecule has 0 saturated heterocycles. The lowest BCUT2D eigenvalue weighted by Gasteiger charge is -2.37. The van der Waals surface area contributed by atoms with Crippen LogP contribution in [0.2, 0.25) is 0 Å². The topological polar surface area (TPSA) is 34.1 Å². The molecule has 6 heteroatoms. The van der Waals surface area contributed by atoms with Crippen LogP contribution in [0.4, 0.5) is 13.2 Å². The lowest BCUT2D eigenvalue weighted by molar-refractivity contribution is -0.0436. The summed E-state index contributed by atoms with van der Waals surface area (Å²) in [5.74, 6) is 0. The first kappa shape index (κ1) is 17.0. The Kier molecular flexibility index (Phi) is 3.98. The summed E-state index contributed by atoms with van der Waals surface area (Å²) in [5.41, 5.74) is -2.94. The molecule has 3 rings (SSSR count). The van der Waals surface area contributed by atoms with Crippen LogP contribution in [-0.2, 0) is 21.7 Å². The zero-order chi connectivity index (χ0) is 17.6. The molecule has 0 bridgehead atoms. The van der Waals surface area contributed by atoms with E-state index in [-0.39, 0.29) is 5.41 Å². The Labute approximate surface area is 139 Å². The SMILES string of the molecule is CC1(c2ccccc2)CCCc2cc(S(=O)(=O)C(F)(F)F)ccc21. The van der Waals surface area contributed by atoms with E-state index in [1.165, 1.54) is 6.07 Å². The third kappa shape index (κ3) is 2.62. The van der Waals surface area contributed by atoms with Crippen LogP contribution in [0.5, 0.6) is 0 Å². The Morgan fingerprint density at radius 2 is 1.71 bits per heavy atom. The highest BCUT2D eigenvalue weighted by atomic mass is 32.2. The van der Waals surface area contributed by atoms with E-state index >= 15 is 0 Å². The Hall–Kier alpha value is -1.82. The third-order valence-corrected chi connectivity index (χ3v) is 6.30. The van der Waals surface area contributed by atoms with Crippen LogP contribution >= 0.6 is 0 Å². The van der Waals surface area contributed by atoms with Gasteiger partial charge in [-0.2, -0.15) is 13.2 Å². The zero-order valence-corrected chi connectivity index (χ0v) is 13.9. The molecule has 0 N–H and O–H groups in total. The minimum absolute atomic E-state index is 0.324. The smallest absolute Gasteiger partial charge is 0.214 e. The fourth-order valence-corrected chi connectivity index (χ4v) is 4.30. The molecular weight excluding hydrogens is 337 g/mol. The summed E-state index contributed by atoms with van der Waals surface area (Å²) >= 11 is 0. The second kappa shape index (κ2) is 5.62. The van der Waals surface area contributed by atoms with Crippen molar-refractivity contribution in [3.63, 3.8) is 0 Å². The number of aryl methyl sites for hydroxylation is 1. The first-order valence-electron chi connectivity index (χ1n) is 7.66. The highest BCUT2D eigenvalue weighted by Gasteiger charge is 2.47. The van der Waals surface area contributed by atoms with Gasteiger partial charge in [0, 0.05) is 5.41 Å². The van der Waals surface area contributed by atoms with E-state index in [4.69, 9.17) is 0 Å². The number of sulfone groups is 1. The molecule has 1 aliphatic rings. The van der Waals surface area contributed by atoms with Gasteiger partial charge >= 0.3 is 5.51 Å². The normalized spacial score (nSPS) is 21.3. The van der Waals surface area contributed by atoms with Gasteiger partial charge in [-0.05, 0) is 48.1 Å². The van der Waals surface area contributed by atoms with Crippen molar-refractivity contribution in [3.05, 3.63) is 65.2 Å². The molecule has 2 aromatic rings. The van der Waals surface area contributed by atoms with Gasteiger partial charge in [-0.15, -0.1) is 0 Å². The first-order valence-corrected chi connectivity index (χ1v) is 9.15. The second-order valence-electron chi connectivity index (χ2n) is 6.32. The van der Waals surface area contributed by atoms with Crippen molar-refractivity contribution in [1.29, 1.82) is 0 Å². The molecule has 0 fully saturated rings. The number of hydrogen-bond donors (Lipinski definition) is 0. The summed E-state index contributed by atoms with van der Waals surface area (Å²) < 4.78 is 61.6. The van der Waals surface area contributed by atoms with Crippen LogP contribution in [0, 0.1) is 0 Å². The number of halogens is 3. The molecule has 0 aliphatic heterocycles. The van der Waals surface area contributed by atoms with Crippen LogP contribution in [0.25, 0.3) is 0 Å². The average molecular weight is 354 g/mol. The van der Waals surface area contributed by atoms with Crippen LogP contribution < -0.4 is 0 Å². The molecule has 1 unspecified atom stereocenters. The molecule has 1 aliphatic carbocycles. The van der Waals surface area contributed by atoms with E-state index in [1.54, 1.807) is 6.07 Å². The molecule has 0 amide bonds. The van der Waals surface area contributed by atoms with Crippen LogP contribution in [0.15, 0.2) is 53.4 Å². The van der Waals surface area contributed by atoms with Gasteiger partial charge < -0.3 is 0 Å². The molecule has 2 aromatic carbocycles. The fourth-order valence-electron chi connectivity index (χ4n) is 3.49. The van der Waals surface area contributed by atoms with Crippen molar-refractivity contribution >= 4 is 9.84 Å². The lowest BCUT2D eigenvalue weighted by Crippen LogP contribution is -2.30. The highest BCUT2D eigenvalue weighted by molar-refractivity contribution is 7.92. The van der Waals surface area contributed by atoms with Gasteiger partial charge in [0.1, 0.15) is 0 Å². The maximum atomic E-state index is 12.8. The van der Waals surface area contributed by atoms with E-state index in [1.807, 2.05) is 30.3 Å². The number of alkyl halides is 3. The molecule has 1 atom stereocenters. The van der Waals surface area contributed by atoms with Crippen molar-refractivity contribution in [2.45, 2.75) is 42.0 Å². The van der Waals surface area contributed by atoms with E-state index < -0.39 is 20.2 Å². The highest BCUT2D eigenvalue weighted by Crippen LogP contribution is 2.43. The molecule has 128 valence electrons. The molecule has 24 heavy (non-hydrogen) atoms. The largest absolute Gasteiger partial charge is 0.501 e. The van der Waals surface area contributed by atoms with Gasteiger partial charge in [0.25, 0.3) is 9.84 Å². The van der Waals surface area contributed by atoms with E-state index in [0.29, 0.717) is 12.0 Å². The number of rotatable bonds is 2. The van der Waals surface area contributed by atoms with Crippen molar-refractivity contribution in [3.8, 4) is 0 Å². The zero-order valence-electron chi connectivity index (χ0n) is 13.1. The molecule has 2 nitrogen and oxygen atoms in total. The Bertz CT molecular complexity index is 858. The summed E-state index contributed by atoms with van der Waals surface area (Å²) in [4.78, 5) is -0.675. The fraction of sp³-hybridized carbons (Fsp3) is 0.333. The number of hydrogen-bond acceptors (Lipinski definition) is 2. The second-order valence-corrected chi connectivity index (χ2v) is 8.26. The molecule has 0 radical (unpaired) electrons. The number of fused-ring (bicyclic) bond motifs is 1. The van der Waals surface area contributed by atoms with Gasteiger partial charge in [0.15, 0.2) is 0 Å². The molecule has 0 saturated carbocycles. The van der Waals surface area contributed by atoms with Crippen molar-refractivity contribution in [1.82, 2.24) is 0 Å². The third-order valence-electron chi connectivity index (χ3n) is 4.82. The van der Waals surface area contributed by atoms with Gasteiger partial charge in [0.2, 0.25) is 0 Å². The van der Waals surface area contributed by atoms with Crippen LogP contribution in [0.1, 0.15) is 36.5 Å². The van der Waals surface area contributed by atoms with Gasteiger partial charge in [-0.1, -0.05) is 43.3 Å². The summed E-state index contributed by atoms with van der Waals surface area (Å²) in [5, 5.41) is 0. The Balaban J connectivity index is 2.12. The van der Waals surface area contributed by atoms with Gasteiger partial charge in [0.05, 0.1) is 4.90 Å². The van der Waals surface area contributed by atoms with Gasteiger partial charge in [-0.25, -0.2) is 8.42 Å². The summed E-state index contributed by atoms with van der Waals surface area (Å²) in [6.45, 7) is 2.05. The predicted molar refractivity (Wildman–Crippen MR) is 85.5 cm³/mol. The maximum absolute atomic E-state index is 12.8. The molecule has 0 heterocycles. The summed E-state index contributed by atoms with van der Waals surface area (Å²) in [7, 11) is -5.31. The molecular formula is C18H17F3O2S. The molecule has 0 spiro atoms. The van der Waals surface area contributed by atoms with Crippen molar-refractivity contribution in [2.24, 2.45) is 0 Å². The van der Waals surface area contributed by atoms with Crippen molar-refractivity contribution < 1.29 is 21.6 Å². The standard InChI is InChI=1S/C18H17F3O2S/c1-17(14-7-3-2-4-8-14)11-5-6-13-12-15(9-10-16(13)17)24(22,23)18(19,20)21/h2-4,7-10,12H,5-6,11H2,1H3. The minimum Gasteiger partial charge on any atom is -0.214 e. The van der Waals surface area contributed by atoms with E-state index in [9.17, 15) is 21.6 Å². The Morgan fingerprint density at radius 1 is 1.04 bits per heavy atom. The van der Waals surface area contributed by atoms with Crippen LogP contribution in [0.3, 0.4) is 0 Å². The monoisotopic (exact) mass is 354 g/mol. The lowest BCUT2D eigenvalue weighted by atomic mass is 9.67. The minimum atomic E-state index is -5.31. The van der Waals surface area contributed by atoms with Crippen LogP contribution in [-0.4, -0.2) is 13.9 Å². The van der Waals surface area contributed by atoms with Crippen molar-refractivity contribution in [2.75, 3.05) is 0 Å². The summed E-state index contributed by atoms with van der Waals surface area (Å²) in [6.07, 6.45) is 2.25. The average Bonchev–Trinajstić information content (AvgIpc) is 2.54. The summed E-state index contributed by atoms with van der Waals surface area (Å²) in [6, 6.07) is 13.6. The quantitative estimate of drug-likeness (QED) is 0.788. The predicted octanol–water partition coefficient (Wildman–Crippen LogP) is 4.62. The van der Waals surface area contributed by atoms with Gasteiger partial charge in [-0.3, -0.25) is 0 Å². The van der Waals surface area contributed by atoms with E-state index in [2.05, 4.69) is 6.92 Å².